The predicted octanol–water partition coefficient (Wildman–Crippen LogP) is 3.70. The summed E-state index contributed by atoms with van der Waals surface area (Å²) in [4.78, 5) is 11.2. The van der Waals surface area contributed by atoms with Gasteiger partial charge in [-0.1, -0.05) is 56.7 Å². The summed E-state index contributed by atoms with van der Waals surface area (Å²) in [7, 11) is 0. The molecule has 116 valence electrons. The van der Waals surface area contributed by atoms with Crippen LogP contribution in [0.25, 0.3) is 0 Å². The maximum absolute atomic E-state index is 11.2. The number of benzene rings is 1. The molecule has 0 amide bonds. The Morgan fingerprint density at radius 1 is 1.23 bits per heavy atom. The summed E-state index contributed by atoms with van der Waals surface area (Å²) in [6, 6.07) is 8.65. The van der Waals surface area contributed by atoms with E-state index >= 15 is 0 Å². The van der Waals surface area contributed by atoms with E-state index in [2.05, 4.69) is 55.3 Å². The number of aldehydes is 1. The number of carbonyl (C=O) groups excluding carboxylic acids is 1. The summed E-state index contributed by atoms with van der Waals surface area (Å²) in [6.07, 6.45) is 4.34. The molecule has 0 radical (unpaired) electrons. The minimum absolute atomic E-state index is 0.160. The Bertz CT molecular complexity index is 661. The van der Waals surface area contributed by atoms with E-state index in [1.54, 1.807) is 0 Å². The van der Waals surface area contributed by atoms with Crippen LogP contribution in [0.2, 0.25) is 0 Å². The van der Waals surface area contributed by atoms with E-state index in [4.69, 9.17) is 0 Å². The van der Waals surface area contributed by atoms with Gasteiger partial charge in [0.2, 0.25) is 0 Å². The average molecular weight is 297 g/mol. The summed E-state index contributed by atoms with van der Waals surface area (Å²) in [6.45, 7) is 7.32. The summed E-state index contributed by atoms with van der Waals surface area (Å²) in [5.74, 6) is 0.448. The molecule has 0 aliphatic heterocycles. The molecule has 0 saturated heterocycles. The summed E-state index contributed by atoms with van der Waals surface area (Å²) in [5.41, 5.74) is 4.20. The van der Waals surface area contributed by atoms with Gasteiger partial charge in [-0.2, -0.15) is 0 Å². The van der Waals surface area contributed by atoms with Crippen molar-refractivity contribution in [3.63, 3.8) is 0 Å². The Labute approximate surface area is 131 Å². The molecule has 0 spiro atoms. The molecule has 1 aliphatic rings. The molecule has 0 N–H and O–H groups in total. The van der Waals surface area contributed by atoms with Gasteiger partial charge in [0.1, 0.15) is 5.69 Å². The summed E-state index contributed by atoms with van der Waals surface area (Å²) in [5, 5.41) is 8.23. The van der Waals surface area contributed by atoms with Crippen molar-refractivity contribution in [2.45, 2.75) is 57.9 Å². The van der Waals surface area contributed by atoms with Gasteiger partial charge in [0.25, 0.3) is 0 Å². The predicted molar refractivity (Wildman–Crippen MR) is 86.2 cm³/mol. The maximum atomic E-state index is 11.2. The fourth-order valence-corrected chi connectivity index (χ4v) is 2.92. The standard InChI is InChI=1S/C18H23N3O/c1-18(2,3)15-9-7-13(8-10-15)11-21-17(14-5-4-6-14)16(12-22)19-20-21/h7-10,12,14H,4-6,11H2,1-3H3. The van der Waals surface area contributed by atoms with Crippen molar-refractivity contribution < 1.29 is 4.79 Å². The van der Waals surface area contributed by atoms with Gasteiger partial charge in [-0.3, -0.25) is 4.79 Å². The Kier molecular flexibility index (Phi) is 3.85. The molecule has 1 fully saturated rings. The van der Waals surface area contributed by atoms with Crippen LogP contribution in [-0.2, 0) is 12.0 Å². The molecule has 22 heavy (non-hydrogen) atoms. The van der Waals surface area contributed by atoms with Crippen molar-refractivity contribution in [2.75, 3.05) is 0 Å². The van der Waals surface area contributed by atoms with Crippen LogP contribution >= 0.6 is 0 Å². The van der Waals surface area contributed by atoms with Crippen molar-refractivity contribution in [3.05, 3.63) is 46.8 Å². The number of hydrogen-bond donors (Lipinski definition) is 0. The molecule has 4 nitrogen and oxygen atoms in total. The van der Waals surface area contributed by atoms with Crippen LogP contribution in [0, 0.1) is 0 Å². The molecular formula is C18H23N3O. The van der Waals surface area contributed by atoms with Crippen LogP contribution in [-0.4, -0.2) is 21.3 Å². The fourth-order valence-electron chi connectivity index (χ4n) is 2.92. The first-order valence-corrected chi connectivity index (χ1v) is 7.97. The second-order valence-electron chi connectivity index (χ2n) is 7.21. The van der Waals surface area contributed by atoms with Crippen molar-refractivity contribution in [3.8, 4) is 0 Å². The van der Waals surface area contributed by atoms with Crippen LogP contribution in [0.5, 0.6) is 0 Å². The first-order chi connectivity index (χ1) is 10.5. The summed E-state index contributed by atoms with van der Waals surface area (Å²) >= 11 is 0. The van der Waals surface area contributed by atoms with Gasteiger partial charge in [0.05, 0.1) is 12.2 Å². The molecule has 0 atom stereocenters. The molecule has 0 bridgehead atoms. The lowest BCUT2D eigenvalue weighted by Gasteiger charge is -2.26. The minimum Gasteiger partial charge on any atom is -0.296 e. The first kappa shape index (κ1) is 14.9. The lowest BCUT2D eigenvalue weighted by molar-refractivity contribution is 0.111. The Morgan fingerprint density at radius 3 is 2.41 bits per heavy atom. The maximum Gasteiger partial charge on any atom is 0.172 e. The van der Waals surface area contributed by atoms with Crippen molar-refractivity contribution in [2.24, 2.45) is 0 Å². The molecular weight excluding hydrogens is 274 g/mol. The second kappa shape index (κ2) is 5.67. The van der Waals surface area contributed by atoms with E-state index < -0.39 is 0 Å². The molecule has 1 saturated carbocycles. The van der Waals surface area contributed by atoms with Gasteiger partial charge in [-0.25, -0.2) is 4.68 Å². The Hall–Kier alpha value is -1.97. The first-order valence-electron chi connectivity index (χ1n) is 7.97. The highest BCUT2D eigenvalue weighted by atomic mass is 16.1. The Balaban J connectivity index is 1.84. The third kappa shape index (κ3) is 2.82. The van der Waals surface area contributed by atoms with Gasteiger partial charge in [-0.05, 0) is 29.4 Å². The molecule has 1 aromatic carbocycles. The molecule has 1 aliphatic carbocycles. The molecule has 4 heteroatoms. The largest absolute Gasteiger partial charge is 0.296 e. The monoisotopic (exact) mass is 297 g/mol. The van der Waals surface area contributed by atoms with Crippen molar-refractivity contribution >= 4 is 6.29 Å². The SMILES string of the molecule is CC(C)(C)c1ccc(Cn2nnc(C=O)c2C2CCC2)cc1. The molecule has 0 unspecified atom stereocenters. The zero-order chi connectivity index (χ0) is 15.7. The smallest absolute Gasteiger partial charge is 0.172 e. The Morgan fingerprint density at radius 2 is 1.91 bits per heavy atom. The summed E-state index contributed by atoms with van der Waals surface area (Å²) < 4.78 is 1.90. The van der Waals surface area contributed by atoms with Crippen LogP contribution in [0.4, 0.5) is 0 Å². The quantitative estimate of drug-likeness (QED) is 0.808. The van der Waals surface area contributed by atoms with E-state index in [-0.39, 0.29) is 5.41 Å². The van der Waals surface area contributed by atoms with Gasteiger partial charge in [0, 0.05) is 5.92 Å². The van der Waals surface area contributed by atoms with Crippen LogP contribution < -0.4 is 0 Å². The average Bonchev–Trinajstić information content (AvgIpc) is 2.79. The third-order valence-corrected chi connectivity index (χ3v) is 4.56. The second-order valence-corrected chi connectivity index (χ2v) is 7.21. The van der Waals surface area contributed by atoms with Crippen LogP contribution in [0.3, 0.4) is 0 Å². The fraction of sp³-hybridized carbons (Fsp3) is 0.500. The number of aromatic nitrogens is 3. The molecule has 1 heterocycles. The van der Waals surface area contributed by atoms with Gasteiger partial charge < -0.3 is 0 Å². The number of rotatable bonds is 4. The van der Waals surface area contributed by atoms with Crippen molar-refractivity contribution in [1.82, 2.24) is 15.0 Å². The highest BCUT2D eigenvalue weighted by Gasteiger charge is 2.27. The van der Waals surface area contributed by atoms with Gasteiger partial charge in [0.15, 0.2) is 6.29 Å². The van der Waals surface area contributed by atoms with E-state index in [1.807, 2.05) is 4.68 Å². The van der Waals surface area contributed by atoms with Crippen LogP contribution in [0.1, 0.15) is 73.3 Å². The minimum atomic E-state index is 0.160. The highest BCUT2D eigenvalue weighted by Crippen LogP contribution is 2.37. The number of hydrogen-bond acceptors (Lipinski definition) is 3. The molecule has 2 aromatic rings. The van der Waals surface area contributed by atoms with E-state index in [0.29, 0.717) is 18.2 Å². The molecule has 1 aromatic heterocycles. The lowest BCUT2D eigenvalue weighted by atomic mass is 9.82. The van der Waals surface area contributed by atoms with Gasteiger partial charge in [-0.15, -0.1) is 5.10 Å². The highest BCUT2D eigenvalue weighted by molar-refractivity contribution is 5.73. The third-order valence-electron chi connectivity index (χ3n) is 4.56. The van der Waals surface area contributed by atoms with Crippen molar-refractivity contribution in [1.29, 1.82) is 0 Å². The number of nitrogens with zero attached hydrogens (tertiary/aromatic N) is 3. The normalized spacial score (nSPS) is 15.6. The van der Waals surface area contributed by atoms with Gasteiger partial charge >= 0.3 is 0 Å². The van der Waals surface area contributed by atoms with E-state index in [0.717, 1.165) is 24.8 Å². The topological polar surface area (TPSA) is 47.8 Å². The number of carbonyl (C=O) groups is 1. The zero-order valence-corrected chi connectivity index (χ0v) is 13.5. The van der Waals surface area contributed by atoms with Crippen LogP contribution in [0.15, 0.2) is 24.3 Å². The van der Waals surface area contributed by atoms with E-state index in [9.17, 15) is 4.79 Å². The lowest BCUT2D eigenvalue weighted by Crippen LogP contribution is -2.17. The molecule has 3 rings (SSSR count). The van der Waals surface area contributed by atoms with E-state index in [1.165, 1.54) is 17.5 Å². The zero-order valence-electron chi connectivity index (χ0n) is 13.5.